The SMILES string of the molecule is COC(=O)/C=C/CN(C)CCN. The van der Waals surface area contributed by atoms with Gasteiger partial charge in [-0.05, 0) is 7.05 Å². The maximum absolute atomic E-state index is 10.6. The molecule has 0 aliphatic carbocycles. The number of nitrogens with zero attached hydrogens (tertiary/aromatic N) is 1. The molecular formula is C8H16N2O2. The molecule has 0 spiro atoms. The Morgan fingerprint density at radius 2 is 2.33 bits per heavy atom. The zero-order chi connectivity index (χ0) is 9.40. The monoisotopic (exact) mass is 172 g/mol. The summed E-state index contributed by atoms with van der Waals surface area (Å²) in [5.41, 5.74) is 5.33. The number of rotatable bonds is 5. The Kier molecular flexibility index (Phi) is 6.32. The van der Waals surface area contributed by atoms with Crippen LogP contribution in [0.2, 0.25) is 0 Å². The van der Waals surface area contributed by atoms with Crippen molar-refractivity contribution in [1.29, 1.82) is 0 Å². The molecule has 0 unspecified atom stereocenters. The van der Waals surface area contributed by atoms with E-state index in [2.05, 4.69) is 4.74 Å². The second-order valence-electron chi connectivity index (χ2n) is 2.48. The summed E-state index contributed by atoms with van der Waals surface area (Å²) in [6, 6.07) is 0. The summed E-state index contributed by atoms with van der Waals surface area (Å²) in [5.74, 6) is -0.323. The van der Waals surface area contributed by atoms with Crippen molar-refractivity contribution >= 4 is 5.97 Å². The number of hydrogen-bond donors (Lipinski definition) is 1. The molecule has 4 heteroatoms. The summed E-state index contributed by atoms with van der Waals surface area (Å²) in [4.78, 5) is 12.6. The molecule has 0 bridgehead atoms. The normalized spacial score (nSPS) is 11.0. The van der Waals surface area contributed by atoms with Crippen LogP contribution < -0.4 is 5.73 Å². The van der Waals surface area contributed by atoms with E-state index < -0.39 is 0 Å². The maximum atomic E-state index is 10.6. The van der Waals surface area contributed by atoms with Crippen molar-refractivity contribution in [2.24, 2.45) is 5.73 Å². The molecule has 0 radical (unpaired) electrons. The van der Waals surface area contributed by atoms with Crippen LogP contribution in [0, 0.1) is 0 Å². The third-order valence-electron chi connectivity index (χ3n) is 1.38. The van der Waals surface area contributed by atoms with Crippen molar-refractivity contribution in [3.8, 4) is 0 Å². The standard InChI is InChI=1S/C8H16N2O2/c1-10(7-5-9)6-3-4-8(11)12-2/h3-4H,5-7,9H2,1-2H3/b4-3+. The summed E-state index contributed by atoms with van der Waals surface area (Å²) < 4.78 is 4.42. The Hall–Kier alpha value is -0.870. The fourth-order valence-corrected chi connectivity index (χ4v) is 0.709. The highest BCUT2D eigenvalue weighted by molar-refractivity contribution is 5.81. The van der Waals surface area contributed by atoms with Gasteiger partial charge in [0.1, 0.15) is 0 Å². The van der Waals surface area contributed by atoms with Gasteiger partial charge in [0.15, 0.2) is 0 Å². The summed E-state index contributed by atoms with van der Waals surface area (Å²) in [7, 11) is 3.30. The lowest BCUT2D eigenvalue weighted by molar-refractivity contribution is -0.134. The second kappa shape index (κ2) is 6.82. The average Bonchev–Trinajstić information content (AvgIpc) is 2.04. The fourth-order valence-electron chi connectivity index (χ4n) is 0.709. The van der Waals surface area contributed by atoms with Gasteiger partial charge in [-0.1, -0.05) is 6.08 Å². The summed E-state index contributed by atoms with van der Waals surface area (Å²) in [6.45, 7) is 2.17. The number of ether oxygens (including phenoxy) is 1. The van der Waals surface area contributed by atoms with Crippen LogP contribution in [0.4, 0.5) is 0 Å². The molecule has 2 N–H and O–H groups in total. The van der Waals surface area contributed by atoms with Gasteiger partial charge >= 0.3 is 5.97 Å². The molecule has 12 heavy (non-hydrogen) atoms. The van der Waals surface area contributed by atoms with Gasteiger partial charge in [-0.15, -0.1) is 0 Å². The van der Waals surface area contributed by atoms with Crippen molar-refractivity contribution in [1.82, 2.24) is 4.90 Å². The number of nitrogens with two attached hydrogens (primary N) is 1. The predicted molar refractivity (Wildman–Crippen MR) is 47.7 cm³/mol. The first-order chi connectivity index (χ1) is 5.70. The number of esters is 1. The van der Waals surface area contributed by atoms with Crippen LogP contribution >= 0.6 is 0 Å². The number of carbonyl (C=O) groups is 1. The lowest BCUT2D eigenvalue weighted by Gasteiger charge is -2.11. The maximum Gasteiger partial charge on any atom is 0.330 e. The average molecular weight is 172 g/mol. The molecular weight excluding hydrogens is 156 g/mol. The summed E-state index contributed by atoms with van der Waals surface area (Å²) >= 11 is 0. The van der Waals surface area contributed by atoms with Gasteiger partial charge in [0.2, 0.25) is 0 Å². The highest BCUT2D eigenvalue weighted by atomic mass is 16.5. The molecule has 0 saturated carbocycles. The van der Waals surface area contributed by atoms with E-state index in [0.717, 1.165) is 6.54 Å². The van der Waals surface area contributed by atoms with Gasteiger partial charge in [-0.2, -0.15) is 0 Å². The predicted octanol–water partition coefficient (Wildman–Crippen LogP) is -0.394. The molecule has 0 aromatic carbocycles. The highest BCUT2D eigenvalue weighted by Crippen LogP contribution is 1.83. The zero-order valence-electron chi connectivity index (χ0n) is 7.62. The molecule has 0 aromatic rings. The molecule has 0 fully saturated rings. The first-order valence-electron chi connectivity index (χ1n) is 3.83. The molecule has 0 saturated heterocycles. The van der Waals surface area contributed by atoms with Gasteiger partial charge in [0.25, 0.3) is 0 Å². The van der Waals surface area contributed by atoms with Crippen LogP contribution in [0.5, 0.6) is 0 Å². The van der Waals surface area contributed by atoms with Crippen molar-refractivity contribution in [2.45, 2.75) is 0 Å². The van der Waals surface area contributed by atoms with Crippen molar-refractivity contribution in [3.63, 3.8) is 0 Å². The van der Waals surface area contributed by atoms with Crippen LogP contribution in [0.3, 0.4) is 0 Å². The minimum Gasteiger partial charge on any atom is -0.466 e. The summed E-state index contributed by atoms with van der Waals surface area (Å²) in [6.07, 6.45) is 3.16. The third-order valence-corrected chi connectivity index (χ3v) is 1.38. The molecule has 70 valence electrons. The molecule has 0 heterocycles. The molecule has 0 rings (SSSR count). The second-order valence-corrected chi connectivity index (χ2v) is 2.48. The van der Waals surface area contributed by atoms with Gasteiger partial charge in [0, 0.05) is 25.7 Å². The Bertz CT molecular complexity index is 157. The molecule has 0 aromatic heterocycles. The third kappa shape index (κ3) is 5.88. The van der Waals surface area contributed by atoms with Gasteiger partial charge in [0.05, 0.1) is 7.11 Å². The lowest BCUT2D eigenvalue weighted by Crippen LogP contribution is -2.25. The quantitative estimate of drug-likeness (QED) is 0.453. The van der Waals surface area contributed by atoms with Crippen molar-refractivity contribution < 1.29 is 9.53 Å². The Labute approximate surface area is 73.0 Å². The van der Waals surface area contributed by atoms with Crippen molar-refractivity contribution in [2.75, 3.05) is 33.8 Å². The number of methoxy groups -OCH3 is 1. The number of likely N-dealkylation sites (N-methyl/N-ethyl adjacent to an activating group) is 1. The zero-order valence-corrected chi connectivity index (χ0v) is 7.62. The van der Waals surface area contributed by atoms with E-state index in [0.29, 0.717) is 13.1 Å². The highest BCUT2D eigenvalue weighted by Gasteiger charge is 1.93. The minimum atomic E-state index is -0.323. The Balaban J connectivity index is 3.52. The molecule has 0 atom stereocenters. The van der Waals surface area contributed by atoms with Crippen LogP contribution in [0.1, 0.15) is 0 Å². The number of carbonyl (C=O) groups excluding carboxylic acids is 1. The Morgan fingerprint density at radius 3 is 2.83 bits per heavy atom. The fraction of sp³-hybridized carbons (Fsp3) is 0.625. The molecule has 0 aliphatic heterocycles. The smallest absolute Gasteiger partial charge is 0.330 e. The number of hydrogen-bond acceptors (Lipinski definition) is 4. The molecule has 0 amide bonds. The van der Waals surface area contributed by atoms with Crippen LogP contribution in [0.15, 0.2) is 12.2 Å². The molecule has 4 nitrogen and oxygen atoms in total. The lowest BCUT2D eigenvalue weighted by atomic mass is 10.4. The van der Waals surface area contributed by atoms with E-state index in [1.807, 2.05) is 11.9 Å². The minimum absolute atomic E-state index is 0.323. The van der Waals surface area contributed by atoms with E-state index in [4.69, 9.17) is 5.73 Å². The van der Waals surface area contributed by atoms with E-state index in [9.17, 15) is 4.79 Å². The molecule has 0 aliphatic rings. The summed E-state index contributed by atoms with van der Waals surface area (Å²) in [5, 5.41) is 0. The first kappa shape index (κ1) is 11.1. The first-order valence-corrected chi connectivity index (χ1v) is 3.83. The largest absolute Gasteiger partial charge is 0.466 e. The van der Waals surface area contributed by atoms with Crippen molar-refractivity contribution in [3.05, 3.63) is 12.2 Å². The van der Waals surface area contributed by atoms with Crippen LogP contribution in [0.25, 0.3) is 0 Å². The van der Waals surface area contributed by atoms with E-state index in [-0.39, 0.29) is 5.97 Å². The van der Waals surface area contributed by atoms with E-state index >= 15 is 0 Å². The van der Waals surface area contributed by atoms with Crippen LogP contribution in [-0.4, -0.2) is 44.7 Å². The van der Waals surface area contributed by atoms with E-state index in [1.54, 1.807) is 6.08 Å². The van der Waals surface area contributed by atoms with Gasteiger partial charge < -0.3 is 15.4 Å². The van der Waals surface area contributed by atoms with Gasteiger partial charge in [-0.25, -0.2) is 4.79 Å². The van der Waals surface area contributed by atoms with Gasteiger partial charge in [-0.3, -0.25) is 0 Å². The van der Waals surface area contributed by atoms with Crippen LogP contribution in [-0.2, 0) is 9.53 Å². The van der Waals surface area contributed by atoms with E-state index in [1.165, 1.54) is 13.2 Å². The Morgan fingerprint density at radius 1 is 1.67 bits per heavy atom. The topological polar surface area (TPSA) is 55.6 Å².